The zero-order valence-electron chi connectivity index (χ0n) is 14.6. The van der Waals surface area contributed by atoms with Gasteiger partial charge in [-0.05, 0) is 49.1 Å². The lowest BCUT2D eigenvalue weighted by Gasteiger charge is -2.22. The molecule has 0 saturated heterocycles. The number of Topliss-reactive ketones (excluding diaryl/α,β-unsaturated/α-hetero) is 1. The Labute approximate surface area is 166 Å². The summed E-state index contributed by atoms with van der Waals surface area (Å²) in [7, 11) is 0. The van der Waals surface area contributed by atoms with Gasteiger partial charge in [0.2, 0.25) is 0 Å². The van der Waals surface area contributed by atoms with Crippen LogP contribution in [0.15, 0.2) is 30.3 Å². The maximum atomic E-state index is 13.1. The summed E-state index contributed by atoms with van der Waals surface area (Å²) in [5.74, 6) is -0.559. The van der Waals surface area contributed by atoms with Gasteiger partial charge >= 0.3 is 5.97 Å². The largest absolute Gasteiger partial charge is 0.508 e. The minimum absolute atomic E-state index is 0.00625. The maximum Gasteiger partial charge on any atom is 0.303 e. The molecule has 0 heterocycles. The second-order valence-electron chi connectivity index (χ2n) is 6.77. The second kappa shape index (κ2) is 7.41. The van der Waals surface area contributed by atoms with Gasteiger partial charge in [0.15, 0.2) is 5.78 Å². The van der Waals surface area contributed by atoms with Crippen LogP contribution in [0.3, 0.4) is 0 Å². The van der Waals surface area contributed by atoms with E-state index in [1.165, 1.54) is 0 Å². The highest BCUT2D eigenvalue weighted by Gasteiger charge is 2.45. The van der Waals surface area contributed by atoms with E-state index in [1.54, 1.807) is 30.3 Å². The molecule has 1 aliphatic carbocycles. The molecule has 27 heavy (non-hydrogen) atoms. The standard InChI is InChI=1S/C20H18Cl2O5/c1-20(12-4-6-13(23)7-5-12)10-11-9-14(27-8-2-3-15(24)25)17(21)18(22)16(11)19(20)26/h4-7,9,23H,2-3,8,10H2,1H3,(H,24,25)/t20-/m1/s1. The lowest BCUT2D eigenvalue weighted by molar-refractivity contribution is -0.137. The number of ketones is 1. The van der Waals surface area contributed by atoms with Gasteiger partial charge in [-0.25, -0.2) is 0 Å². The van der Waals surface area contributed by atoms with Crippen LogP contribution in [0.1, 0.15) is 41.3 Å². The zero-order chi connectivity index (χ0) is 19.8. The number of carboxylic acids is 1. The predicted molar refractivity (Wildman–Crippen MR) is 102 cm³/mol. The van der Waals surface area contributed by atoms with E-state index in [9.17, 15) is 14.7 Å². The molecule has 0 bridgehead atoms. The summed E-state index contributed by atoms with van der Waals surface area (Å²) in [5.41, 5.74) is 1.08. The molecule has 142 valence electrons. The van der Waals surface area contributed by atoms with Crippen LogP contribution >= 0.6 is 23.2 Å². The van der Waals surface area contributed by atoms with Crippen molar-refractivity contribution in [2.24, 2.45) is 0 Å². The molecule has 0 radical (unpaired) electrons. The molecule has 1 aliphatic rings. The van der Waals surface area contributed by atoms with Gasteiger partial charge in [0.05, 0.1) is 17.0 Å². The molecular formula is C20H18Cl2O5. The number of rotatable bonds is 6. The Bertz CT molecular complexity index is 908. The minimum Gasteiger partial charge on any atom is -0.508 e. The molecule has 1 atom stereocenters. The first-order chi connectivity index (χ1) is 12.7. The molecule has 0 aromatic heterocycles. The first-order valence-electron chi connectivity index (χ1n) is 8.44. The molecule has 0 spiro atoms. The molecule has 7 heteroatoms. The van der Waals surface area contributed by atoms with Crippen LogP contribution in [0, 0.1) is 0 Å². The quantitative estimate of drug-likeness (QED) is 0.680. The van der Waals surface area contributed by atoms with Gasteiger partial charge in [0.1, 0.15) is 16.5 Å². The van der Waals surface area contributed by atoms with E-state index in [2.05, 4.69) is 0 Å². The number of hydrogen-bond acceptors (Lipinski definition) is 4. The number of ether oxygens (including phenoxy) is 1. The highest BCUT2D eigenvalue weighted by molar-refractivity contribution is 6.45. The summed E-state index contributed by atoms with van der Waals surface area (Å²) in [6, 6.07) is 8.23. The van der Waals surface area contributed by atoms with Gasteiger partial charge in [-0.1, -0.05) is 35.3 Å². The van der Waals surface area contributed by atoms with Crippen molar-refractivity contribution in [1.82, 2.24) is 0 Å². The monoisotopic (exact) mass is 408 g/mol. The maximum absolute atomic E-state index is 13.1. The van der Waals surface area contributed by atoms with Crippen molar-refractivity contribution in [3.8, 4) is 11.5 Å². The number of carbonyl (C=O) groups excluding carboxylic acids is 1. The number of aromatic hydroxyl groups is 1. The minimum atomic E-state index is -0.896. The van der Waals surface area contributed by atoms with E-state index in [1.807, 2.05) is 6.92 Å². The number of hydrogen-bond donors (Lipinski definition) is 2. The van der Waals surface area contributed by atoms with Gasteiger partial charge in [0, 0.05) is 12.0 Å². The molecule has 0 unspecified atom stereocenters. The van der Waals surface area contributed by atoms with Crippen molar-refractivity contribution in [2.45, 2.75) is 31.6 Å². The smallest absolute Gasteiger partial charge is 0.303 e. The van der Waals surface area contributed by atoms with Crippen LogP contribution in [0.4, 0.5) is 0 Å². The summed E-state index contributed by atoms with van der Waals surface area (Å²) in [6.07, 6.45) is 0.756. The van der Waals surface area contributed by atoms with E-state index in [0.29, 0.717) is 24.2 Å². The van der Waals surface area contributed by atoms with Gasteiger partial charge in [-0.2, -0.15) is 0 Å². The lowest BCUT2D eigenvalue weighted by atomic mass is 9.79. The third-order valence-corrected chi connectivity index (χ3v) is 5.67. The normalized spacial score (nSPS) is 18.4. The molecule has 5 nitrogen and oxygen atoms in total. The van der Waals surface area contributed by atoms with Gasteiger partial charge in [-0.3, -0.25) is 9.59 Å². The fourth-order valence-corrected chi connectivity index (χ4v) is 3.85. The van der Waals surface area contributed by atoms with E-state index < -0.39 is 11.4 Å². The van der Waals surface area contributed by atoms with E-state index in [4.69, 9.17) is 33.0 Å². The molecule has 2 N–H and O–H groups in total. The Balaban J connectivity index is 1.90. The van der Waals surface area contributed by atoms with Crippen molar-refractivity contribution in [3.05, 3.63) is 57.1 Å². The molecule has 3 rings (SSSR count). The van der Waals surface area contributed by atoms with Crippen molar-refractivity contribution in [3.63, 3.8) is 0 Å². The first kappa shape index (κ1) is 19.5. The van der Waals surface area contributed by atoms with Crippen molar-refractivity contribution in [2.75, 3.05) is 6.61 Å². The summed E-state index contributed by atoms with van der Waals surface area (Å²) in [5, 5.41) is 18.5. The molecular weight excluding hydrogens is 391 g/mol. The van der Waals surface area contributed by atoms with Crippen LogP contribution in [0.2, 0.25) is 10.0 Å². The van der Waals surface area contributed by atoms with Crippen molar-refractivity contribution < 1.29 is 24.5 Å². The number of halogens is 2. The Morgan fingerprint density at radius 1 is 1.22 bits per heavy atom. The number of phenols is 1. The Morgan fingerprint density at radius 2 is 1.89 bits per heavy atom. The topological polar surface area (TPSA) is 83.8 Å². The third kappa shape index (κ3) is 3.62. The molecule has 0 fully saturated rings. The SMILES string of the molecule is C[C@]1(c2ccc(O)cc2)Cc2cc(OCCCC(=O)O)c(Cl)c(Cl)c2C1=O. The van der Waals surface area contributed by atoms with Gasteiger partial charge in [-0.15, -0.1) is 0 Å². The molecule has 0 saturated carbocycles. The van der Waals surface area contributed by atoms with Crippen LogP contribution in [0.5, 0.6) is 11.5 Å². The predicted octanol–water partition coefficient (Wildman–Crippen LogP) is 4.64. The van der Waals surface area contributed by atoms with Crippen LogP contribution in [-0.4, -0.2) is 28.6 Å². The van der Waals surface area contributed by atoms with E-state index in [0.717, 1.165) is 11.1 Å². The van der Waals surface area contributed by atoms with Crippen LogP contribution in [0.25, 0.3) is 0 Å². The van der Waals surface area contributed by atoms with Crippen molar-refractivity contribution in [1.29, 1.82) is 0 Å². The summed E-state index contributed by atoms with van der Waals surface area (Å²) < 4.78 is 5.59. The Morgan fingerprint density at radius 3 is 2.52 bits per heavy atom. The summed E-state index contributed by atoms with van der Waals surface area (Å²) >= 11 is 12.7. The van der Waals surface area contributed by atoms with Crippen LogP contribution in [-0.2, 0) is 16.6 Å². The number of phenolic OH excluding ortho intramolecular Hbond substituents is 1. The Kier molecular flexibility index (Phi) is 5.36. The van der Waals surface area contributed by atoms with Gasteiger partial charge < -0.3 is 14.9 Å². The van der Waals surface area contributed by atoms with E-state index >= 15 is 0 Å². The molecule has 2 aromatic rings. The number of carbonyl (C=O) groups is 2. The Hall–Kier alpha value is -2.24. The van der Waals surface area contributed by atoms with Crippen molar-refractivity contribution >= 4 is 35.0 Å². The number of fused-ring (bicyclic) bond motifs is 1. The second-order valence-corrected chi connectivity index (χ2v) is 7.52. The fraction of sp³-hybridized carbons (Fsp3) is 0.300. The fourth-order valence-electron chi connectivity index (χ4n) is 3.35. The molecule has 0 amide bonds. The molecule has 0 aliphatic heterocycles. The average Bonchev–Trinajstić information content (AvgIpc) is 2.88. The van der Waals surface area contributed by atoms with Gasteiger partial charge in [0.25, 0.3) is 0 Å². The number of carboxylic acid groups (broad SMARTS) is 1. The highest BCUT2D eigenvalue weighted by Crippen LogP contribution is 2.47. The highest BCUT2D eigenvalue weighted by atomic mass is 35.5. The summed E-state index contributed by atoms with van der Waals surface area (Å²) in [4.78, 5) is 23.7. The van der Waals surface area contributed by atoms with Crippen LogP contribution < -0.4 is 4.74 Å². The zero-order valence-corrected chi connectivity index (χ0v) is 16.1. The average molecular weight is 409 g/mol. The van der Waals surface area contributed by atoms with E-state index in [-0.39, 0.29) is 34.6 Å². The number of benzene rings is 2. The third-order valence-electron chi connectivity index (χ3n) is 4.82. The summed E-state index contributed by atoms with van der Waals surface area (Å²) in [6.45, 7) is 2.02. The number of aliphatic carboxylic acids is 1. The first-order valence-corrected chi connectivity index (χ1v) is 9.19. The lowest BCUT2D eigenvalue weighted by Crippen LogP contribution is -2.29. The molecule has 2 aromatic carbocycles.